The maximum Gasteiger partial charge on any atom is 0.256 e. The summed E-state index contributed by atoms with van der Waals surface area (Å²) in [7, 11) is 1.59. The first-order valence-corrected chi connectivity index (χ1v) is 9.31. The molecule has 1 rings (SSSR count). The van der Waals surface area contributed by atoms with Crippen LogP contribution in [0.15, 0.2) is 18.2 Å². The molecule has 0 saturated carbocycles. The van der Waals surface area contributed by atoms with Crippen molar-refractivity contribution in [3.05, 3.63) is 23.8 Å². The van der Waals surface area contributed by atoms with Gasteiger partial charge in [-0.2, -0.15) is 5.26 Å². The van der Waals surface area contributed by atoms with Crippen LogP contribution in [0.3, 0.4) is 0 Å². The molecule has 0 radical (unpaired) electrons. The van der Waals surface area contributed by atoms with Crippen LogP contribution in [-0.4, -0.2) is 25.2 Å². The first kappa shape index (κ1) is 22.0. The SMILES string of the molecule is CCCOc1ccc(NC(=O)C(CC(C)C)(CC(C)C)OC)cc1C#N. The second-order valence-electron chi connectivity index (χ2n) is 7.52. The molecular weight excluding hydrogens is 328 g/mol. The number of carbonyl (C=O) groups excluding carboxylic acids is 1. The van der Waals surface area contributed by atoms with Gasteiger partial charge in [0, 0.05) is 12.8 Å². The molecule has 1 N–H and O–H groups in total. The smallest absolute Gasteiger partial charge is 0.256 e. The molecular formula is C21H32N2O3. The maximum absolute atomic E-state index is 13.0. The first-order valence-electron chi connectivity index (χ1n) is 9.31. The van der Waals surface area contributed by atoms with Crippen LogP contribution in [0.5, 0.6) is 5.75 Å². The van der Waals surface area contributed by atoms with Gasteiger partial charge in [-0.25, -0.2) is 0 Å². The zero-order chi connectivity index (χ0) is 19.7. The average Bonchev–Trinajstić information content (AvgIpc) is 2.58. The highest BCUT2D eigenvalue weighted by molar-refractivity contribution is 5.97. The summed E-state index contributed by atoms with van der Waals surface area (Å²) in [6.07, 6.45) is 2.14. The van der Waals surface area contributed by atoms with Crippen LogP contribution in [0.25, 0.3) is 0 Å². The van der Waals surface area contributed by atoms with Gasteiger partial charge in [0.2, 0.25) is 0 Å². The third-order valence-electron chi connectivity index (χ3n) is 4.10. The van der Waals surface area contributed by atoms with Crippen LogP contribution in [-0.2, 0) is 9.53 Å². The Labute approximate surface area is 157 Å². The lowest BCUT2D eigenvalue weighted by molar-refractivity contribution is -0.142. The van der Waals surface area contributed by atoms with Crippen LogP contribution in [0.1, 0.15) is 59.4 Å². The van der Waals surface area contributed by atoms with Gasteiger partial charge in [-0.15, -0.1) is 0 Å². The van der Waals surface area contributed by atoms with Crippen molar-refractivity contribution < 1.29 is 14.3 Å². The minimum absolute atomic E-state index is 0.173. The number of benzene rings is 1. The molecule has 0 aliphatic carbocycles. The molecule has 1 amide bonds. The second kappa shape index (κ2) is 10.2. The molecule has 1 aromatic rings. The van der Waals surface area contributed by atoms with Crippen molar-refractivity contribution >= 4 is 11.6 Å². The molecule has 0 spiro atoms. The predicted octanol–water partition coefficient (Wildman–Crippen LogP) is 4.76. The van der Waals surface area contributed by atoms with Crippen molar-refractivity contribution in [2.45, 2.75) is 59.5 Å². The highest BCUT2D eigenvalue weighted by Crippen LogP contribution is 2.31. The van der Waals surface area contributed by atoms with E-state index in [2.05, 4.69) is 39.1 Å². The number of carbonyl (C=O) groups is 1. The molecule has 144 valence electrons. The minimum atomic E-state index is -0.882. The number of hydrogen-bond acceptors (Lipinski definition) is 4. The third kappa shape index (κ3) is 6.03. The topological polar surface area (TPSA) is 71.3 Å². The Balaban J connectivity index is 3.06. The quantitative estimate of drug-likeness (QED) is 0.653. The van der Waals surface area contributed by atoms with E-state index in [1.807, 2.05) is 6.92 Å². The zero-order valence-corrected chi connectivity index (χ0v) is 16.9. The van der Waals surface area contributed by atoms with Crippen LogP contribution in [0.4, 0.5) is 5.69 Å². The van der Waals surface area contributed by atoms with Crippen molar-refractivity contribution in [1.82, 2.24) is 0 Å². The normalized spacial score (nSPS) is 11.5. The average molecular weight is 360 g/mol. The van der Waals surface area contributed by atoms with E-state index in [-0.39, 0.29) is 5.91 Å². The fourth-order valence-corrected chi connectivity index (χ4v) is 3.13. The fraction of sp³-hybridized carbons (Fsp3) is 0.619. The molecule has 0 unspecified atom stereocenters. The van der Waals surface area contributed by atoms with Crippen molar-refractivity contribution in [2.75, 3.05) is 19.0 Å². The van der Waals surface area contributed by atoms with Gasteiger partial charge in [0.1, 0.15) is 17.4 Å². The molecule has 5 heteroatoms. The van der Waals surface area contributed by atoms with Gasteiger partial charge < -0.3 is 14.8 Å². The molecule has 0 fully saturated rings. The van der Waals surface area contributed by atoms with Gasteiger partial charge in [0.05, 0.1) is 12.2 Å². The van der Waals surface area contributed by atoms with E-state index in [0.717, 1.165) is 6.42 Å². The number of nitriles is 1. The molecule has 0 atom stereocenters. The summed E-state index contributed by atoms with van der Waals surface area (Å²) in [6, 6.07) is 7.26. The predicted molar refractivity (Wildman–Crippen MR) is 104 cm³/mol. The summed E-state index contributed by atoms with van der Waals surface area (Å²) in [5.41, 5.74) is 0.100. The van der Waals surface area contributed by atoms with Gasteiger partial charge >= 0.3 is 0 Å². The second-order valence-corrected chi connectivity index (χ2v) is 7.52. The Bertz CT molecular complexity index is 623. The Kier molecular flexibility index (Phi) is 8.60. The number of amides is 1. The molecule has 5 nitrogen and oxygen atoms in total. The van der Waals surface area contributed by atoms with E-state index in [4.69, 9.17) is 9.47 Å². The van der Waals surface area contributed by atoms with Crippen LogP contribution in [0.2, 0.25) is 0 Å². The lowest BCUT2D eigenvalue weighted by Crippen LogP contribution is -2.46. The van der Waals surface area contributed by atoms with Crippen molar-refractivity contribution in [2.24, 2.45) is 11.8 Å². The summed E-state index contributed by atoms with van der Waals surface area (Å²) in [5.74, 6) is 1.00. The van der Waals surface area contributed by atoms with E-state index in [0.29, 0.717) is 48.3 Å². The van der Waals surface area contributed by atoms with Crippen LogP contribution in [0, 0.1) is 23.2 Å². The molecule has 0 bridgehead atoms. The zero-order valence-electron chi connectivity index (χ0n) is 16.9. The van der Waals surface area contributed by atoms with E-state index in [9.17, 15) is 10.1 Å². The van der Waals surface area contributed by atoms with E-state index in [1.165, 1.54) is 0 Å². The van der Waals surface area contributed by atoms with Crippen LogP contribution >= 0.6 is 0 Å². The molecule has 0 aliphatic heterocycles. The van der Waals surface area contributed by atoms with Gasteiger partial charge in [-0.1, -0.05) is 34.6 Å². The Morgan fingerprint density at radius 1 is 1.23 bits per heavy atom. The lowest BCUT2D eigenvalue weighted by Gasteiger charge is -2.34. The highest BCUT2D eigenvalue weighted by atomic mass is 16.5. The Morgan fingerprint density at radius 3 is 2.31 bits per heavy atom. The number of anilines is 1. The molecule has 0 aromatic heterocycles. The molecule has 1 aromatic carbocycles. The number of hydrogen-bond donors (Lipinski definition) is 1. The van der Waals surface area contributed by atoms with E-state index >= 15 is 0 Å². The van der Waals surface area contributed by atoms with E-state index < -0.39 is 5.60 Å². The molecule has 0 heterocycles. The molecule has 0 saturated heterocycles. The van der Waals surface area contributed by atoms with Gasteiger partial charge in [-0.3, -0.25) is 4.79 Å². The monoisotopic (exact) mass is 360 g/mol. The number of nitrogens with one attached hydrogen (secondary N) is 1. The summed E-state index contributed by atoms with van der Waals surface area (Å²) >= 11 is 0. The highest BCUT2D eigenvalue weighted by Gasteiger charge is 2.39. The minimum Gasteiger partial charge on any atom is -0.492 e. The molecule has 26 heavy (non-hydrogen) atoms. The van der Waals surface area contributed by atoms with Crippen molar-refractivity contribution in [1.29, 1.82) is 5.26 Å². The van der Waals surface area contributed by atoms with Gasteiger partial charge in [0.15, 0.2) is 0 Å². The third-order valence-corrected chi connectivity index (χ3v) is 4.10. The first-order chi connectivity index (χ1) is 12.3. The summed E-state index contributed by atoms with van der Waals surface area (Å²) in [4.78, 5) is 13.0. The number of nitrogens with zero attached hydrogens (tertiary/aromatic N) is 1. The maximum atomic E-state index is 13.0. The lowest BCUT2D eigenvalue weighted by atomic mass is 9.84. The van der Waals surface area contributed by atoms with Crippen molar-refractivity contribution in [3.63, 3.8) is 0 Å². The van der Waals surface area contributed by atoms with Crippen LogP contribution < -0.4 is 10.1 Å². The molecule has 0 aliphatic rings. The summed E-state index contributed by atoms with van der Waals surface area (Å²) in [5, 5.41) is 12.3. The number of ether oxygens (including phenoxy) is 2. The standard InChI is InChI=1S/C21H32N2O3/c1-7-10-26-19-9-8-18(11-17(19)14-22)23-20(24)21(25-6,12-15(2)3)13-16(4)5/h8-9,11,15-16H,7,10,12-13H2,1-6H3,(H,23,24). The number of methoxy groups -OCH3 is 1. The van der Waals surface area contributed by atoms with E-state index in [1.54, 1.807) is 25.3 Å². The summed E-state index contributed by atoms with van der Waals surface area (Å²) < 4.78 is 11.3. The van der Waals surface area contributed by atoms with Gasteiger partial charge in [0.25, 0.3) is 5.91 Å². The fourth-order valence-electron chi connectivity index (χ4n) is 3.13. The number of rotatable bonds is 10. The Hall–Kier alpha value is -2.06. The summed E-state index contributed by atoms with van der Waals surface area (Å²) in [6.45, 7) is 10.9. The van der Waals surface area contributed by atoms with Crippen molar-refractivity contribution in [3.8, 4) is 11.8 Å². The largest absolute Gasteiger partial charge is 0.492 e. The Morgan fingerprint density at radius 2 is 1.85 bits per heavy atom. The van der Waals surface area contributed by atoms with Gasteiger partial charge in [-0.05, 0) is 49.3 Å².